The second kappa shape index (κ2) is 7.92. The molecule has 0 radical (unpaired) electrons. The van der Waals surface area contributed by atoms with Gasteiger partial charge in [-0.15, -0.1) is 0 Å². The number of halogens is 1. The fourth-order valence-corrected chi connectivity index (χ4v) is 2.17. The summed E-state index contributed by atoms with van der Waals surface area (Å²) in [4.78, 5) is 24.1. The molecule has 0 heterocycles. The maximum absolute atomic E-state index is 12.2. The molecule has 2 rings (SSSR count). The van der Waals surface area contributed by atoms with Crippen LogP contribution in [0.2, 0.25) is 0 Å². The van der Waals surface area contributed by atoms with Crippen LogP contribution in [0.25, 0.3) is 0 Å². The van der Waals surface area contributed by atoms with Gasteiger partial charge in [-0.3, -0.25) is 9.59 Å². The Labute approximate surface area is 144 Å². The zero-order valence-electron chi connectivity index (χ0n) is 13.1. The summed E-state index contributed by atoms with van der Waals surface area (Å²) in [6.07, 6.45) is 0. The first-order valence-corrected chi connectivity index (χ1v) is 8.20. The molecule has 0 aliphatic heterocycles. The summed E-state index contributed by atoms with van der Waals surface area (Å²) in [6, 6.07) is 14.0. The van der Waals surface area contributed by atoms with E-state index in [4.69, 9.17) is 0 Å². The van der Waals surface area contributed by atoms with E-state index in [1.165, 1.54) is 0 Å². The van der Waals surface area contributed by atoms with E-state index < -0.39 is 0 Å². The minimum Gasteiger partial charge on any atom is -0.352 e. The highest BCUT2D eigenvalue weighted by Crippen LogP contribution is 2.15. The number of rotatable bonds is 5. The third kappa shape index (κ3) is 5.21. The van der Waals surface area contributed by atoms with Crippen LogP contribution in [0, 0.1) is 5.92 Å². The van der Waals surface area contributed by atoms with Crippen molar-refractivity contribution in [2.45, 2.75) is 13.8 Å². The van der Waals surface area contributed by atoms with Gasteiger partial charge in [0.25, 0.3) is 11.8 Å². The summed E-state index contributed by atoms with van der Waals surface area (Å²) >= 11 is 3.35. The van der Waals surface area contributed by atoms with Crippen LogP contribution in [0.1, 0.15) is 34.6 Å². The fourth-order valence-electron chi connectivity index (χ4n) is 1.91. The minimum atomic E-state index is -0.207. The number of amides is 2. The molecule has 0 spiro atoms. The molecule has 2 N–H and O–H groups in total. The number of hydrogen-bond acceptors (Lipinski definition) is 2. The van der Waals surface area contributed by atoms with Gasteiger partial charge in [-0.05, 0) is 54.4 Å². The molecule has 5 heteroatoms. The van der Waals surface area contributed by atoms with Gasteiger partial charge < -0.3 is 10.6 Å². The van der Waals surface area contributed by atoms with Crippen molar-refractivity contribution in [1.29, 1.82) is 0 Å². The molecule has 0 atom stereocenters. The predicted molar refractivity (Wildman–Crippen MR) is 95.7 cm³/mol. The number of carbonyl (C=O) groups excluding carboxylic acids is 2. The van der Waals surface area contributed by atoms with E-state index in [-0.39, 0.29) is 11.8 Å². The second-order valence-electron chi connectivity index (χ2n) is 5.64. The van der Waals surface area contributed by atoms with Gasteiger partial charge in [0, 0.05) is 27.8 Å². The van der Waals surface area contributed by atoms with Crippen LogP contribution in [0.15, 0.2) is 53.0 Å². The molecule has 0 saturated heterocycles. The van der Waals surface area contributed by atoms with Crippen LogP contribution in [0.5, 0.6) is 0 Å². The molecule has 23 heavy (non-hydrogen) atoms. The van der Waals surface area contributed by atoms with Crippen LogP contribution in [-0.4, -0.2) is 18.4 Å². The Hall–Kier alpha value is -2.14. The molecule has 0 saturated carbocycles. The van der Waals surface area contributed by atoms with Crippen molar-refractivity contribution in [3.8, 4) is 0 Å². The zero-order chi connectivity index (χ0) is 16.8. The lowest BCUT2D eigenvalue weighted by atomic mass is 10.1. The standard InChI is InChI=1S/C18H19BrN2O2/c1-12(2)11-20-17(22)13-3-5-14(6-4-13)18(23)21-16-9-7-15(19)8-10-16/h3-10,12H,11H2,1-2H3,(H,20,22)(H,21,23). The average molecular weight is 375 g/mol. The fraction of sp³-hybridized carbons (Fsp3) is 0.222. The number of nitrogens with one attached hydrogen (secondary N) is 2. The summed E-state index contributed by atoms with van der Waals surface area (Å²) in [6.45, 7) is 4.70. The van der Waals surface area contributed by atoms with Gasteiger partial charge in [0.15, 0.2) is 0 Å². The van der Waals surface area contributed by atoms with Crippen LogP contribution >= 0.6 is 15.9 Å². The maximum Gasteiger partial charge on any atom is 0.255 e. The van der Waals surface area contributed by atoms with E-state index in [1.807, 2.05) is 38.1 Å². The number of anilines is 1. The van der Waals surface area contributed by atoms with Crippen LogP contribution < -0.4 is 10.6 Å². The third-order valence-electron chi connectivity index (χ3n) is 3.18. The smallest absolute Gasteiger partial charge is 0.255 e. The number of carbonyl (C=O) groups is 2. The Morgan fingerprint density at radius 2 is 1.43 bits per heavy atom. The van der Waals surface area contributed by atoms with E-state index in [2.05, 4.69) is 26.6 Å². The van der Waals surface area contributed by atoms with Crippen LogP contribution in [0.3, 0.4) is 0 Å². The summed E-state index contributed by atoms with van der Waals surface area (Å²) in [5.41, 5.74) is 1.77. The second-order valence-corrected chi connectivity index (χ2v) is 6.56. The van der Waals surface area contributed by atoms with Crippen molar-refractivity contribution in [2.75, 3.05) is 11.9 Å². The molecular formula is C18H19BrN2O2. The van der Waals surface area contributed by atoms with Gasteiger partial charge in [0.05, 0.1) is 0 Å². The Bertz CT molecular complexity index is 679. The van der Waals surface area contributed by atoms with E-state index in [0.29, 0.717) is 23.6 Å². The topological polar surface area (TPSA) is 58.2 Å². The van der Waals surface area contributed by atoms with E-state index in [9.17, 15) is 9.59 Å². The summed E-state index contributed by atoms with van der Waals surface area (Å²) in [5.74, 6) is 0.0648. The molecule has 0 fully saturated rings. The Morgan fingerprint density at radius 3 is 1.96 bits per heavy atom. The Balaban J connectivity index is 1.99. The summed E-state index contributed by atoms with van der Waals surface area (Å²) in [7, 11) is 0. The lowest BCUT2D eigenvalue weighted by Gasteiger charge is -2.09. The lowest BCUT2D eigenvalue weighted by Crippen LogP contribution is -2.27. The number of benzene rings is 2. The molecule has 0 aromatic heterocycles. The van der Waals surface area contributed by atoms with Gasteiger partial charge in [-0.2, -0.15) is 0 Å². The third-order valence-corrected chi connectivity index (χ3v) is 3.71. The van der Waals surface area contributed by atoms with Crippen molar-refractivity contribution in [2.24, 2.45) is 5.92 Å². The first kappa shape index (κ1) is 17.2. The van der Waals surface area contributed by atoms with Gasteiger partial charge in [-0.1, -0.05) is 29.8 Å². The van der Waals surface area contributed by atoms with Crippen molar-refractivity contribution in [3.05, 3.63) is 64.1 Å². The molecule has 0 unspecified atom stereocenters. The Kier molecular flexibility index (Phi) is 5.93. The molecule has 2 amide bonds. The quantitative estimate of drug-likeness (QED) is 0.827. The van der Waals surface area contributed by atoms with Crippen molar-refractivity contribution in [3.63, 3.8) is 0 Å². The minimum absolute atomic E-state index is 0.126. The number of hydrogen-bond donors (Lipinski definition) is 2. The monoisotopic (exact) mass is 374 g/mol. The average Bonchev–Trinajstić information content (AvgIpc) is 2.55. The van der Waals surface area contributed by atoms with Crippen LogP contribution in [-0.2, 0) is 0 Å². The van der Waals surface area contributed by atoms with Crippen molar-refractivity contribution < 1.29 is 9.59 Å². The molecule has 2 aromatic rings. The van der Waals surface area contributed by atoms with Gasteiger partial charge in [-0.25, -0.2) is 0 Å². The van der Waals surface area contributed by atoms with Crippen molar-refractivity contribution in [1.82, 2.24) is 5.32 Å². The van der Waals surface area contributed by atoms with Crippen molar-refractivity contribution >= 4 is 33.4 Å². The molecular weight excluding hydrogens is 356 g/mol. The normalized spacial score (nSPS) is 10.4. The molecule has 120 valence electrons. The zero-order valence-corrected chi connectivity index (χ0v) is 14.7. The molecule has 0 aliphatic rings. The molecule has 2 aromatic carbocycles. The first-order valence-electron chi connectivity index (χ1n) is 7.41. The predicted octanol–water partition coefficient (Wildman–Crippen LogP) is 4.09. The van der Waals surface area contributed by atoms with Gasteiger partial charge >= 0.3 is 0 Å². The highest BCUT2D eigenvalue weighted by molar-refractivity contribution is 9.10. The molecule has 4 nitrogen and oxygen atoms in total. The highest BCUT2D eigenvalue weighted by Gasteiger charge is 2.09. The molecule has 0 bridgehead atoms. The van der Waals surface area contributed by atoms with E-state index in [0.717, 1.165) is 10.2 Å². The first-order chi connectivity index (χ1) is 11.0. The SMILES string of the molecule is CC(C)CNC(=O)c1ccc(C(=O)Nc2ccc(Br)cc2)cc1. The van der Waals surface area contributed by atoms with Crippen LogP contribution in [0.4, 0.5) is 5.69 Å². The molecule has 0 aliphatic carbocycles. The van der Waals surface area contributed by atoms with E-state index >= 15 is 0 Å². The summed E-state index contributed by atoms with van der Waals surface area (Å²) in [5, 5.41) is 5.66. The highest BCUT2D eigenvalue weighted by atomic mass is 79.9. The van der Waals surface area contributed by atoms with Gasteiger partial charge in [0.2, 0.25) is 0 Å². The van der Waals surface area contributed by atoms with Gasteiger partial charge in [0.1, 0.15) is 0 Å². The maximum atomic E-state index is 12.2. The largest absolute Gasteiger partial charge is 0.352 e. The Morgan fingerprint density at radius 1 is 0.913 bits per heavy atom. The lowest BCUT2D eigenvalue weighted by molar-refractivity contribution is 0.0947. The summed E-state index contributed by atoms with van der Waals surface area (Å²) < 4.78 is 0.951. The van der Waals surface area contributed by atoms with E-state index in [1.54, 1.807) is 24.3 Å².